The fourth-order valence-corrected chi connectivity index (χ4v) is 3.28. The normalized spacial score (nSPS) is 13.0. The van der Waals surface area contributed by atoms with Crippen LogP contribution in [0, 0.1) is 11.7 Å². The van der Waals surface area contributed by atoms with Crippen LogP contribution < -0.4 is 15.4 Å². The van der Waals surface area contributed by atoms with Crippen molar-refractivity contribution in [3.63, 3.8) is 0 Å². The maximum Gasteiger partial charge on any atom is 0.258 e. The van der Waals surface area contributed by atoms with Crippen molar-refractivity contribution >= 4 is 29.0 Å². The van der Waals surface area contributed by atoms with Crippen LogP contribution in [0.5, 0.6) is 11.5 Å². The molecule has 160 valence electrons. The Kier molecular flexibility index (Phi) is 5.03. The Morgan fingerprint density at radius 1 is 0.969 bits per heavy atom. The number of halogens is 1. The molecule has 0 unspecified atom stereocenters. The topological polar surface area (TPSA) is 84.7 Å². The zero-order valence-electron chi connectivity index (χ0n) is 16.9. The summed E-state index contributed by atoms with van der Waals surface area (Å²) in [4.78, 5) is 28.7. The van der Waals surface area contributed by atoms with Gasteiger partial charge in [0, 0.05) is 17.7 Å². The molecule has 32 heavy (non-hydrogen) atoms. The highest BCUT2D eigenvalue weighted by atomic mass is 19.1. The first-order valence-electron chi connectivity index (χ1n) is 10.2. The Balaban J connectivity index is 1.30. The zero-order valence-corrected chi connectivity index (χ0v) is 16.9. The summed E-state index contributed by atoms with van der Waals surface area (Å²) in [6.07, 6.45) is 5.33. The van der Waals surface area contributed by atoms with Gasteiger partial charge in [-0.3, -0.25) is 9.59 Å². The molecule has 7 nitrogen and oxygen atoms in total. The first kappa shape index (κ1) is 19.7. The van der Waals surface area contributed by atoms with Crippen LogP contribution in [0.1, 0.15) is 23.2 Å². The van der Waals surface area contributed by atoms with Crippen molar-refractivity contribution in [3.8, 4) is 11.5 Å². The van der Waals surface area contributed by atoms with Gasteiger partial charge in [0.15, 0.2) is 5.82 Å². The van der Waals surface area contributed by atoms with Crippen molar-refractivity contribution in [2.75, 3.05) is 10.6 Å². The van der Waals surface area contributed by atoms with Crippen LogP contribution in [0.4, 0.5) is 15.9 Å². The van der Waals surface area contributed by atoms with Crippen molar-refractivity contribution in [1.82, 2.24) is 9.38 Å². The Morgan fingerprint density at radius 3 is 2.62 bits per heavy atom. The molecule has 1 aliphatic rings. The van der Waals surface area contributed by atoms with E-state index in [-0.39, 0.29) is 17.4 Å². The van der Waals surface area contributed by atoms with Gasteiger partial charge in [-0.05, 0) is 49.2 Å². The van der Waals surface area contributed by atoms with Gasteiger partial charge in [0.05, 0.1) is 18.0 Å². The van der Waals surface area contributed by atoms with Gasteiger partial charge in [0.2, 0.25) is 5.91 Å². The lowest BCUT2D eigenvalue weighted by atomic mass is 10.2. The van der Waals surface area contributed by atoms with Gasteiger partial charge in [-0.25, -0.2) is 9.37 Å². The standard InChI is InChI=1S/C24H19FN4O3/c25-20-7-2-1-6-19(20)24(31)26-16-4-3-5-17(12-16)32-18-10-11-22-27-21(14-29(22)13-18)28-23(30)15-8-9-15/h1-7,10-15H,8-9H2,(H,26,31)(H,28,30). The van der Waals surface area contributed by atoms with Gasteiger partial charge in [0.1, 0.15) is 23.0 Å². The number of pyridine rings is 1. The predicted octanol–water partition coefficient (Wildman–Crippen LogP) is 4.87. The second-order valence-corrected chi connectivity index (χ2v) is 7.58. The van der Waals surface area contributed by atoms with Crippen LogP contribution in [0.25, 0.3) is 5.65 Å². The maximum absolute atomic E-state index is 13.8. The van der Waals surface area contributed by atoms with E-state index in [0.29, 0.717) is 28.7 Å². The van der Waals surface area contributed by atoms with E-state index in [2.05, 4.69) is 15.6 Å². The number of hydrogen-bond acceptors (Lipinski definition) is 4. The van der Waals surface area contributed by atoms with Crippen molar-refractivity contribution in [3.05, 3.63) is 84.4 Å². The molecule has 1 aliphatic carbocycles. The van der Waals surface area contributed by atoms with E-state index in [1.165, 1.54) is 18.2 Å². The Bertz CT molecular complexity index is 1330. The van der Waals surface area contributed by atoms with E-state index in [4.69, 9.17) is 4.74 Å². The van der Waals surface area contributed by atoms with Gasteiger partial charge < -0.3 is 19.8 Å². The van der Waals surface area contributed by atoms with Gasteiger partial charge in [-0.1, -0.05) is 18.2 Å². The lowest BCUT2D eigenvalue weighted by Crippen LogP contribution is -2.13. The number of carbonyl (C=O) groups excluding carboxylic acids is 2. The molecule has 0 aliphatic heterocycles. The summed E-state index contributed by atoms with van der Waals surface area (Å²) < 4.78 is 21.5. The first-order chi connectivity index (χ1) is 15.5. The van der Waals surface area contributed by atoms with Gasteiger partial charge in [0.25, 0.3) is 5.91 Å². The molecule has 1 saturated carbocycles. The molecule has 2 N–H and O–H groups in total. The minimum atomic E-state index is -0.585. The molecule has 5 rings (SSSR count). The Hall–Kier alpha value is -4.20. The fraction of sp³-hybridized carbons (Fsp3) is 0.125. The molecule has 0 bridgehead atoms. The molecule has 2 heterocycles. The number of amides is 2. The summed E-state index contributed by atoms with van der Waals surface area (Å²) in [6, 6.07) is 16.2. The number of rotatable bonds is 6. The average Bonchev–Trinajstić information content (AvgIpc) is 3.55. The highest BCUT2D eigenvalue weighted by Gasteiger charge is 2.30. The van der Waals surface area contributed by atoms with Crippen LogP contribution in [0.15, 0.2) is 73.1 Å². The first-order valence-corrected chi connectivity index (χ1v) is 10.2. The second-order valence-electron chi connectivity index (χ2n) is 7.58. The molecule has 0 radical (unpaired) electrons. The molecule has 8 heteroatoms. The van der Waals surface area contributed by atoms with Crippen LogP contribution >= 0.6 is 0 Å². The third-order valence-electron chi connectivity index (χ3n) is 5.07. The van der Waals surface area contributed by atoms with E-state index in [0.717, 1.165) is 12.8 Å². The molecular weight excluding hydrogens is 411 g/mol. The van der Waals surface area contributed by atoms with E-state index < -0.39 is 11.7 Å². The number of aromatic nitrogens is 2. The van der Waals surface area contributed by atoms with E-state index in [9.17, 15) is 14.0 Å². The van der Waals surface area contributed by atoms with Gasteiger partial charge in [-0.2, -0.15) is 0 Å². The Labute approximate surface area is 182 Å². The average molecular weight is 430 g/mol. The summed E-state index contributed by atoms with van der Waals surface area (Å²) >= 11 is 0. The molecule has 0 atom stereocenters. The number of ether oxygens (including phenoxy) is 1. The smallest absolute Gasteiger partial charge is 0.258 e. The number of imidazole rings is 1. The lowest BCUT2D eigenvalue weighted by Gasteiger charge is -2.09. The largest absolute Gasteiger partial charge is 0.456 e. The van der Waals surface area contributed by atoms with E-state index in [1.54, 1.807) is 59.3 Å². The molecule has 2 aromatic heterocycles. The molecular formula is C24H19FN4O3. The van der Waals surface area contributed by atoms with Crippen LogP contribution in [0.3, 0.4) is 0 Å². The Morgan fingerprint density at radius 2 is 1.81 bits per heavy atom. The van der Waals surface area contributed by atoms with Crippen molar-refractivity contribution in [2.45, 2.75) is 12.8 Å². The monoisotopic (exact) mass is 430 g/mol. The minimum Gasteiger partial charge on any atom is -0.456 e. The number of benzene rings is 2. The number of anilines is 2. The third kappa shape index (κ3) is 4.29. The highest BCUT2D eigenvalue weighted by molar-refractivity contribution is 6.04. The summed E-state index contributed by atoms with van der Waals surface area (Å²) in [5, 5.41) is 5.50. The quantitative estimate of drug-likeness (QED) is 0.457. The van der Waals surface area contributed by atoms with Crippen molar-refractivity contribution < 1.29 is 18.7 Å². The van der Waals surface area contributed by atoms with E-state index in [1.807, 2.05) is 0 Å². The number of fused-ring (bicyclic) bond motifs is 1. The third-order valence-corrected chi connectivity index (χ3v) is 5.07. The summed E-state index contributed by atoms with van der Waals surface area (Å²) in [6.45, 7) is 0. The zero-order chi connectivity index (χ0) is 22.1. The van der Waals surface area contributed by atoms with Gasteiger partial charge >= 0.3 is 0 Å². The molecule has 0 spiro atoms. The van der Waals surface area contributed by atoms with Crippen LogP contribution in [-0.4, -0.2) is 21.2 Å². The maximum atomic E-state index is 13.8. The number of carbonyl (C=O) groups is 2. The summed E-state index contributed by atoms with van der Waals surface area (Å²) in [7, 11) is 0. The van der Waals surface area contributed by atoms with Crippen molar-refractivity contribution in [1.29, 1.82) is 0 Å². The number of nitrogens with zero attached hydrogens (tertiary/aromatic N) is 2. The molecule has 2 amide bonds. The molecule has 2 aromatic carbocycles. The number of nitrogens with one attached hydrogen (secondary N) is 2. The summed E-state index contributed by atoms with van der Waals surface area (Å²) in [5.74, 6) is 0.520. The molecule has 1 fully saturated rings. The molecule has 4 aromatic rings. The minimum absolute atomic E-state index is 0.000810. The van der Waals surface area contributed by atoms with Crippen LogP contribution in [-0.2, 0) is 4.79 Å². The van der Waals surface area contributed by atoms with Gasteiger partial charge in [-0.15, -0.1) is 0 Å². The lowest BCUT2D eigenvalue weighted by molar-refractivity contribution is -0.117. The van der Waals surface area contributed by atoms with E-state index >= 15 is 0 Å². The highest BCUT2D eigenvalue weighted by Crippen LogP contribution is 2.30. The van der Waals surface area contributed by atoms with Crippen molar-refractivity contribution in [2.24, 2.45) is 5.92 Å². The predicted molar refractivity (Wildman–Crippen MR) is 117 cm³/mol. The fourth-order valence-electron chi connectivity index (χ4n) is 3.28. The number of hydrogen-bond donors (Lipinski definition) is 2. The van der Waals surface area contributed by atoms with Crippen LogP contribution in [0.2, 0.25) is 0 Å². The SMILES string of the molecule is O=C(Nc1cccc(Oc2ccc3nc(NC(=O)C4CC4)cn3c2)c1)c1ccccc1F. The summed E-state index contributed by atoms with van der Waals surface area (Å²) in [5.41, 5.74) is 1.12. The molecule has 0 saturated heterocycles. The second kappa shape index (κ2) is 8.14.